The summed E-state index contributed by atoms with van der Waals surface area (Å²) in [4.78, 5) is 13.5. The second kappa shape index (κ2) is 2.82. The van der Waals surface area contributed by atoms with Gasteiger partial charge in [0.1, 0.15) is 5.78 Å². The third-order valence-corrected chi connectivity index (χ3v) is 2.82. The SMILES string of the molecule is CN1CCC2(CC(=O)CCO2)C1. The summed E-state index contributed by atoms with van der Waals surface area (Å²) >= 11 is 0. The number of nitrogens with zero attached hydrogens (tertiary/aromatic N) is 1. The molecule has 2 fully saturated rings. The molecule has 0 radical (unpaired) electrons. The van der Waals surface area contributed by atoms with Gasteiger partial charge in [-0.1, -0.05) is 0 Å². The highest BCUT2D eigenvalue weighted by molar-refractivity contribution is 5.80. The first-order valence-corrected chi connectivity index (χ1v) is 4.54. The van der Waals surface area contributed by atoms with E-state index in [1.165, 1.54) is 0 Å². The van der Waals surface area contributed by atoms with Crippen LogP contribution in [0.3, 0.4) is 0 Å². The van der Waals surface area contributed by atoms with E-state index in [9.17, 15) is 4.79 Å². The van der Waals surface area contributed by atoms with Crippen molar-refractivity contribution in [3.05, 3.63) is 0 Å². The number of ketones is 1. The second-order valence-corrected chi connectivity index (χ2v) is 3.98. The zero-order valence-electron chi connectivity index (χ0n) is 7.51. The fourth-order valence-electron chi connectivity index (χ4n) is 2.19. The van der Waals surface area contributed by atoms with Gasteiger partial charge in [-0.05, 0) is 13.5 Å². The number of hydrogen-bond donors (Lipinski definition) is 0. The van der Waals surface area contributed by atoms with Crippen molar-refractivity contribution in [3.8, 4) is 0 Å². The van der Waals surface area contributed by atoms with Gasteiger partial charge in [0.25, 0.3) is 0 Å². The van der Waals surface area contributed by atoms with Gasteiger partial charge in [0, 0.05) is 25.9 Å². The van der Waals surface area contributed by atoms with E-state index in [0.29, 0.717) is 25.2 Å². The van der Waals surface area contributed by atoms with Gasteiger partial charge in [-0.25, -0.2) is 0 Å². The second-order valence-electron chi connectivity index (χ2n) is 3.98. The lowest BCUT2D eigenvalue weighted by molar-refractivity contribution is -0.138. The summed E-state index contributed by atoms with van der Waals surface area (Å²) in [6, 6.07) is 0. The molecule has 0 amide bonds. The van der Waals surface area contributed by atoms with Crippen LogP contribution in [0, 0.1) is 0 Å². The first kappa shape index (κ1) is 8.20. The molecule has 0 aromatic carbocycles. The maximum atomic E-state index is 11.2. The molecule has 2 saturated heterocycles. The molecule has 0 bridgehead atoms. The Kier molecular flexibility index (Phi) is 1.93. The Hall–Kier alpha value is -0.410. The van der Waals surface area contributed by atoms with E-state index in [1.54, 1.807) is 0 Å². The molecule has 0 aliphatic carbocycles. The average Bonchev–Trinajstić information content (AvgIpc) is 2.32. The molecule has 2 aliphatic heterocycles. The maximum Gasteiger partial charge on any atom is 0.138 e. The van der Waals surface area contributed by atoms with Crippen LogP contribution in [0.2, 0.25) is 0 Å². The Balaban J connectivity index is 2.05. The van der Waals surface area contributed by atoms with Crippen LogP contribution in [0.1, 0.15) is 19.3 Å². The summed E-state index contributed by atoms with van der Waals surface area (Å²) in [5, 5.41) is 0. The molecule has 0 saturated carbocycles. The average molecular weight is 169 g/mol. The van der Waals surface area contributed by atoms with Gasteiger partial charge in [0.15, 0.2) is 0 Å². The minimum absolute atomic E-state index is 0.107. The molecule has 0 N–H and O–H groups in total. The first-order valence-electron chi connectivity index (χ1n) is 4.54. The molecular formula is C9H15NO2. The number of ether oxygens (including phenoxy) is 1. The van der Waals surface area contributed by atoms with Crippen molar-refractivity contribution in [3.63, 3.8) is 0 Å². The molecule has 1 unspecified atom stereocenters. The summed E-state index contributed by atoms with van der Waals surface area (Å²) in [6.07, 6.45) is 2.28. The fourth-order valence-corrected chi connectivity index (χ4v) is 2.19. The Morgan fingerprint density at radius 1 is 1.58 bits per heavy atom. The number of carbonyl (C=O) groups excluding carboxylic acids is 1. The third-order valence-electron chi connectivity index (χ3n) is 2.82. The summed E-state index contributed by atoms with van der Waals surface area (Å²) < 4.78 is 5.70. The highest BCUT2D eigenvalue weighted by atomic mass is 16.5. The summed E-state index contributed by atoms with van der Waals surface area (Å²) in [6.45, 7) is 2.62. The van der Waals surface area contributed by atoms with Crippen molar-refractivity contribution in [2.24, 2.45) is 0 Å². The molecule has 1 atom stereocenters. The van der Waals surface area contributed by atoms with Crippen LogP contribution in [0.25, 0.3) is 0 Å². The summed E-state index contributed by atoms with van der Waals surface area (Å²) in [5.74, 6) is 0.372. The highest BCUT2D eigenvalue weighted by Gasteiger charge is 2.41. The van der Waals surface area contributed by atoms with Crippen molar-refractivity contribution in [2.75, 3.05) is 26.7 Å². The van der Waals surface area contributed by atoms with Crippen molar-refractivity contribution in [1.82, 2.24) is 4.90 Å². The lowest BCUT2D eigenvalue weighted by Gasteiger charge is -2.32. The largest absolute Gasteiger partial charge is 0.373 e. The van der Waals surface area contributed by atoms with Crippen LogP contribution in [0.5, 0.6) is 0 Å². The van der Waals surface area contributed by atoms with E-state index in [-0.39, 0.29) is 5.60 Å². The van der Waals surface area contributed by atoms with E-state index in [2.05, 4.69) is 11.9 Å². The molecular weight excluding hydrogens is 154 g/mol. The fraction of sp³-hybridized carbons (Fsp3) is 0.889. The number of carbonyl (C=O) groups is 1. The van der Waals surface area contributed by atoms with Crippen LogP contribution in [-0.4, -0.2) is 43.0 Å². The van der Waals surface area contributed by atoms with Crippen LogP contribution < -0.4 is 0 Å². The summed E-state index contributed by atoms with van der Waals surface area (Å²) in [7, 11) is 2.08. The van der Waals surface area contributed by atoms with Gasteiger partial charge in [0.05, 0.1) is 12.2 Å². The summed E-state index contributed by atoms with van der Waals surface area (Å²) in [5.41, 5.74) is -0.107. The zero-order valence-corrected chi connectivity index (χ0v) is 7.51. The number of likely N-dealkylation sites (tertiary alicyclic amines) is 1. The van der Waals surface area contributed by atoms with Gasteiger partial charge in [-0.3, -0.25) is 4.79 Å². The standard InChI is InChI=1S/C9H15NO2/c1-10-4-3-9(7-10)6-8(11)2-5-12-9/h2-7H2,1H3. The Bertz CT molecular complexity index is 201. The number of Topliss-reactive ketones (excluding diaryl/α,β-unsaturated/α-hetero) is 1. The highest BCUT2D eigenvalue weighted by Crippen LogP contribution is 2.31. The number of rotatable bonds is 0. The van der Waals surface area contributed by atoms with Gasteiger partial charge in [-0.2, -0.15) is 0 Å². The normalized spacial score (nSPS) is 37.9. The Morgan fingerprint density at radius 2 is 2.42 bits per heavy atom. The van der Waals surface area contributed by atoms with Crippen molar-refractivity contribution >= 4 is 5.78 Å². The zero-order chi connectivity index (χ0) is 8.60. The van der Waals surface area contributed by atoms with E-state index in [1.807, 2.05) is 0 Å². The first-order chi connectivity index (χ1) is 5.70. The van der Waals surface area contributed by atoms with Crippen molar-refractivity contribution < 1.29 is 9.53 Å². The lowest BCUT2D eigenvalue weighted by atomic mass is 9.92. The monoisotopic (exact) mass is 169 g/mol. The molecule has 2 rings (SSSR count). The predicted octanol–water partition coefficient (Wildman–Crippen LogP) is 0.440. The number of likely N-dealkylation sites (N-methyl/N-ethyl adjacent to an activating group) is 1. The predicted molar refractivity (Wildman–Crippen MR) is 45.0 cm³/mol. The quantitative estimate of drug-likeness (QED) is 0.527. The number of hydrogen-bond acceptors (Lipinski definition) is 3. The smallest absolute Gasteiger partial charge is 0.138 e. The van der Waals surface area contributed by atoms with E-state index < -0.39 is 0 Å². The molecule has 3 heteroatoms. The van der Waals surface area contributed by atoms with E-state index in [4.69, 9.17) is 4.74 Å². The van der Waals surface area contributed by atoms with E-state index >= 15 is 0 Å². The van der Waals surface area contributed by atoms with Gasteiger partial charge in [0.2, 0.25) is 0 Å². The molecule has 2 aliphatic rings. The van der Waals surface area contributed by atoms with Crippen molar-refractivity contribution in [2.45, 2.75) is 24.9 Å². The van der Waals surface area contributed by atoms with Gasteiger partial charge >= 0.3 is 0 Å². The molecule has 12 heavy (non-hydrogen) atoms. The topological polar surface area (TPSA) is 29.5 Å². The Morgan fingerprint density at radius 3 is 3.00 bits per heavy atom. The Labute approximate surface area is 72.7 Å². The molecule has 3 nitrogen and oxygen atoms in total. The minimum atomic E-state index is -0.107. The third kappa shape index (κ3) is 1.39. The maximum absolute atomic E-state index is 11.2. The molecule has 1 spiro atoms. The van der Waals surface area contributed by atoms with Crippen molar-refractivity contribution in [1.29, 1.82) is 0 Å². The van der Waals surface area contributed by atoms with Crippen LogP contribution in [0.4, 0.5) is 0 Å². The van der Waals surface area contributed by atoms with Crippen LogP contribution in [0.15, 0.2) is 0 Å². The molecule has 0 aromatic heterocycles. The van der Waals surface area contributed by atoms with Crippen LogP contribution in [-0.2, 0) is 9.53 Å². The van der Waals surface area contributed by atoms with Crippen LogP contribution >= 0.6 is 0 Å². The molecule has 68 valence electrons. The van der Waals surface area contributed by atoms with Gasteiger partial charge in [-0.15, -0.1) is 0 Å². The molecule has 0 aromatic rings. The van der Waals surface area contributed by atoms with E-state index in [0.717, 1.165) is 19.5 Å². The van der Waals surface area contributed by atoms with Gasteiger partial charge < -0.3 is 9.64 Å². The minimum Gasteiger partial charge on any atom is -0.373 e. The lowest BCUT2D eigenvalue weighted by Crippen LogP contribution is -2.42. The molecule has 2 heterocycles.